The molecule has 2 aromatic carbocycles. The number of carbonyl (C=O) groups is 1. The summed E-state index contributed by atoms with van der Waals surface area (Å²) in [5.74, 6) is -1.27. The van der Waals surface area contributed by atoms with Crippen molar-refractivity contribution in [2.75, 3.05) is 16.6 Å². The number of hydrogen-bond donors (Lipinski definition) is 4. The number of nitrogens with one attached hydrogen (secondary N) is 4. The Morgan fingerprint density at radius 1 is 1.11 bits per heavy atom. The average Bonchev–Trinajstić information content (AvgIpc) is 3.11. The third-order valence-electron chi connectivity index (χ3n) is 4.15. The molecule has 1 aliphatic heterocycles. The summed E-state index contributed by atoms with van der Waals surface area (Å²) in [6.45, 7) is 2.02. The minimum absolute atomic E-state index is 0.164. The highest BCUT2D eigenvalue weighted by Crippen LogP contribution is 2.23. The van der Waals surface area contributed by atoms with Gasteiger partial charge in [-0.05, 0) is 48.9 Å². The number of carbonyl (C=O) groups excluding carboxylic acids is 1. The quantitative estimate of drug-likeness (QED) is 0.586. The molecule has 1 aliphatic rings. The average molecular weight is 429 g/mol. The van der Waals surface area contributed by atoms with E-state index in [0.29, 0.717) is 21.4 Å². The number of hydrazine groups is 1. The van der Waals surface area contributed by atoms with Gasteiger partial charge in [-0.3, -0.25) is 14.9 Å². The lowest BCUT2D eigenvalue weighted by Crippen LogP contribution is -2.45. The zero-order chi connectivity index (χ0) is 19.6. The Morgan fingerprint density at radius 3 is 2.44 bits per heavy atom. The Balaban J connectivity index is 1.74. The smallest absolute Gasteiger partial charge is 0.250 e. The largest absolute Gasteiger partial charge is 0.326 e. The molecule has 3 rings (SSSR count). The Kier molecular flexibility index (Phi) is 5.92. The summed E-state index contributed by atoms with van der Waals surface area (Å²) in [5.41, 5.74) is 7.13. The first kappa shape index (κ1) is 19.9. The SMILES string of the molecule is Cc1ccc(NC(=O)C2CNNC2S(=O)(=O)Nc2ccc(Cl)cc2)cc1Cl. The van der Waals surface area contributed by atoms with Gasteiger partial charge in [-0.1, -0.05) is 29.3 Å². The molecule has 2 aromatic rings. The Labute approximate surface area is 167 Å². The molecule has 7 nitrogen and oxygen atoms in total. The topological polar surface area (TPSA) is 99.3 Å². The molecule has 2 unspecified atom stereocenters. The number of rotatable bonds is 5. The third kappa shape index (κ3) is 4.72. The van der Waals surface area contributed by atoms with Crippen LogP contribution in [0.3, 0.4) is 0 Å². The standard InChI is InChI=1S/C17H18Cl2N4O3S/c1-10-2-5-13(8-15(10)19)21-16(24)14-9-20-22-17(14)27(25,26)23-12-6-3-11(18)4-7-12/h2-8,14,17,20,22-23H,9H2,1H3,(H,21,24). The monoisotopic (exact) mass is 428 g/mol. The predicted molar refractivity (Wildman–Crippen MR) is 107 cm³/mol. The second-order valence-electron chi connectivity index (χ2n) is 6.16. The van der Waals surface area contributed by atoms with E-state index in [-0.39, 0.29) is 6.54 Å². The fraction of sp³-hybridized carbons (Fsp3) is 0.235. The van der Waals surface area contributed by atoms with Crippen LogP contribution in [0.1, 0.15) is 5.56 Å². The van der Waals surface area contributed by atoms with Crippen molar-refractivity contribution in [3.05, 3.63) is 58.1 Å². The number of aryl methyl sites for hydroxylation is 1. The van der Waals surface area contributed by atoms with Gasteiger partial charge in [0, 0.05) is 28.0 Å². The zero-order valence-corrected chi connectivity index (χ0v) is 16.6. The third-order valence-corrected chi connectivity index (χ3v) is 6.44. The molecule has 10 heteroatoms. The molecule has 0 bridgehead atoms. The van der Waals surface area contributed by atoms with Gasteiger partial charge in [0.05, 0.1) is 5.92 Å². The first-order valence-corrected chi connectivity index (χ1v) is 10.4. The summed E-state index contributed by atoms with van der Waals surface area (Å²) >= 11 is 11.9. The highest BCUT2D eigenvalue weighted by Gasteiger charge is 2.41. The van der Waals surface area contributed by atoms with Crippen molar-refractivity contribution in [3.63, 3.8) is 0 Å². The van der Waals surface area contributed by atoms with Crippen LogP contribution in [0.2, 0.25) is 10.0 Å². The molecular formula is C17H18Cl2N4O3S. The molecular weight excluding hydrogens is 411 g/mol. The van der Waals surface area contributed by atoms with Crippen molar-refractivity contribution in [3.8, 4) is 0 Å². The summed E-state index contributed by atoms with van der Waals surface area (Å²) in [7, 11) is -3.88. The molecule has 1 heterocycles. The molecule has 1 fully saturated rings. The Bertz CT molecular complexity index is 951. The van der Waals surface area contributed by atoms with Crippen LogP contribution in [-0.4, -0.2) is 26.2 Å². The number of amides is 1. The molecule has 4 N–H and O–H groups in total. The van der Waals surface area contributed by atoms with Gasteiger partial charge in [0.1, 0.15) is 0 Å². The molecule has 2 atom stereocenters. The van der Waals surface area contributed by atoms with Crippen LogP contribution in [-0.2, 0) is 14.8 Å². The van der Waals surface area contributed by atoms with Gasteiger partial charge in [0.15, 0.2) is 5.37 Å². The number of hydrogen-bond acceptors (Lipinski definition) is 5. The first-order valence-electron chi connectivity index (χ1n) is 8.09. The summed E-state index contributed by atoms with van der Waals surface area (Å²) in [4.78, 5) is 12.6. The van der Waals surface area contributed by atoms with Gasteiger partial charge in [-0.2, -0.15) is 0 Å². The van der Waals surface area contributed by atoms with Crippen LogP contribution in [0.5, 0.6) is 0 Å². The van der Waals surface area contributed by atoms with Crippen LogP contribution >= 0.6 is 23.2 Å². The normalized spacial score (nSPS) is 19.7. The number of benzene rings is 2. The maximum atomic E-state index is 12.7. The van der Waals surface area contributed by atoms with Crippen LogP contribution in [0.4, 0.5) is 11.4 Å². The van der Waals surface area contributed by atoms with Crippen LogP contribution < -0.4 is 20.9 Å². The zero-order valence-electron chi connectivity index (χ0n) is 14.3. The van der Waals surface area contributed by atoms with Crippen molar-refractivity contribution >= 4 is 50.5 Å². The predicted octanol–water partition coefficient (Wildman–Crippen LogP) is 2.73. The van der Waals surface area contributed by atoms with Crippen molar-refractivity contribution in [2.45, 2.75) is 12.3 Å². The molecule has 0 spiro atoms. The molecule has 1 amide bonds. The fourth-order valence-electron chi connectivity index (χ4n) is 2.65. The minimum atomic E-state index is -3.88. The van der Waals surface area contributed by atoms with E-state index < -0.39 is 27.2 Å². The van der Waals surface area contributed by atoms with Gasteiger partial charge in [-0.25, -0.2) is 13.8 Å². The van der Waals surface area contributed by atoms with Crippen molar-refractivity contribution in [2.24, 2.45) is 5.92 Å². The molecule has 0 saturated carbocycles. The summed E-state index contributed by atoms with van der Waals surface area (Å²) in [6.07, 6.45) is 0. The van der Waals surface area contributed by atoms with E-state index in [1.165, 1.54) is 0 Å². The fourth-order valence-corrected chi connectivity index (χ4v) is 4.44. The van der Waals surface area contributed by atoms with Gasteiger partial charge in [0.25, 0.3) is 10.0 Å². The molecule has 144 valence electrons. The van der Waals surface area contributed by atoms with E-state index in [1.807, 2.05) is 6.92 Å². The van der Waals surface area contributed by atoms with E-state index in [1.54, 1.807) is 42.5 Å². The lowest BCUT2D eigenvalue weighted by Gasteiger charge is -2.19. The number of anilines is 2. The lowest BCUT2D eigenvalue weighted by atomic mass is 10.1. The van der Waals surface area contributed by atoms with Crippen LogP contribution in [0.15, 0.2) is 42.5 Å². The number of sulfonamides is 1. The second kappa shape index (κ2) is 8.04. The van der Waals surface area contributed by atoms with E-state index in [0.717, 1.165) is 5.56 Å². The number of halogens is 2. The summed E-state index contributed by atoms with van der Waals surface area (Å²) in [5, 5.41) is 2.58. The summed E-state index contributed by atoms with van der Waals surface area (Å²) < 4.78 is 27.9. The molecule has 0 aromatic heterocycles. The van der Waals surface area contributed by atoms with Gasteiger partial charge >= 0.3 is 0 Å². The van der Waals surface area contributed by atoms with Gasteiger partial charge in [0.2, 0.25) is 5.91 Å². The molecule has 0 radical (unpaired) electrons. The highest BCUT2D eigenvalue weighted by molar-refractivity contribution is 7.93. The second-order valence-corrected chi connectivity index (χ2v) is 8.81. The first-order chi connectivity index (χ1) is 12.8. The molecule has 27 heavy (non-hydrogen) atoms. The van der Waals surface area contributed by atoms with E-state index >= 15 is 0 Å². The van der Waals surface area contributed by atoms with Crippen molar-refractivity contribution in [1.82, 2.24) is 10.9 Å². The van der Waals surface area contributed by atoms with Gasteiger partial charge in [-0.15, -0.1) is 0 Å². The van der Waals surface area contributed by atoms with Crippen molar-refractivity contribution in [1.29, 1.82) is 0 Å². The molecule has 1 saturated heterocycles. The van der Waals surface area contributed by atoms with Crippen LogP contribution in [0.25, 0.3) is 0 Å². The lowest BCUT2D eigenvalue weighted by molar-refractivity contribution is -0.119. The highest BCUT2D eigenvalue weighted by atomic mass is 35.5. The summed E-state index contributed by atoms with van der Waals surface area (Å²) in [6, 6.07) is 11.4. The van der Waals surface area contributed by atoms with Crippen LogP contribution in [0, 0.1) is 12.8 Å². The van der Waals surface area contributed by atoms with E-state index in [9.17, 15) is 13.2 Å². The minimum Gasteiger partial charge on any atom is -0.326 e. The van der Waals surface area contributed by atoms with Crippen molar-refractivity contribution < 1.29 is 13.2 Å². The van der Waals surface area contributed by atoms with E-state index in [4.69, 9.17) is 23.2 Å². The van der Waals surface area contributed by atoms with Gasteiger partial charge < -0.3 is 5.32 Å². The molecule has 0 aliphatic carbocycles. The van der Waals surface area contributed by atoms with E-state index in [2.05, 4.69) is 20.9 Å². The Morgan fingerprint density at radius 2 is 1.78 bits per heavy atom. The maximum Gasteiger partial charge on any atom is 0.250 e. The maximum absolute atomic E-state index is 12.7. The Hall–Kier alpha value is -1.84.